The molecule has 0 fully saturated rings. The summed E-state index contributed by atoms with van der Waals surface area (Å²) in [7, 11) is 0. The highest BCUT2D eigenvalue weighted by Crippen LogP contribution is 2.11. The van der Waals surface area contributed by atoms with Crippen LogP contribution in [0.2, 0.25) is 0 Å². The molecule has 108 valence electrons. The normalized spacial score (nSPS) is 12.3. The van der Waals surface area contributed by atoms with E-state index in [1.165, 1.54) is 5.57 Å². The number of carboxylic acids is 2. The van der Waals surface area contributed by atoms with Gasteiger partial charge in [0.15, 0.2) is 0 Å². The van der Waals surface area contributed by atoms with E-state index in [4.69, 9.17) is 14.9 Å². The molecule has 0 aromatic heterocycles. The molecule has 0 amide bonds. The minimum atomic E-state index is -1.26. The van der Waals surface area contributed by atoms with Crippen LogP contribution >= 0.6 is 0 Å². The lowest BCUT2D eigenvalue weighted by molar-refractivity contribution is -0.135. The van der Waals surface area contributed by atoms with E-state index < -0.39 is 11.9 Å². The zero-order chi connectivity index (χ0) is 14.7. The van der Waals surface area contributed by atoms with Crippen molar-refractivity contribution in [1.82, 2.24) is 0 Å². The van der Waals surface area contributed by atoms with Gasteiger partial charge in [-0.15, -0.1) is 0 Å². The summed E-state index contributed by atoms with van der Waals surface area (Å²) in [6.07, 6.45) is 6.52. The van der Waals surface area contributed by atoms with Crippen molar-refractivity contribution in [3.05, 3.63) is 23.5 Å². The van der Waals surface area contributed by atoms with Gasteiger partial charge >= 0.3 is 11.9 Å². The molecule has 0 saturated carbocycles. The number of carboxylic acid groups (broad SMARTS) is 2. The van der Waals surface area contributed by atoms with Gasteiger partial charge in [0.1, 0.15) is 0 Å². The third-order valence-electron chi connectivity index (χ3n) is 2.62. The van der Waals surface area contributed by atoms with E-state index >= 15 is 0 Å². The number of allylic oxidation sites excluding steroid dienone is 1. The summed E-state index contributed by atoms with van der Waals surface area (Å²) < 4.78 is 5.29. The zero-order valence-corrected chi connectivity index (χ0v) is 11.5. The quantitative estimate of drug-likeness (QED) is 0.362. The molecular weight excluding hydrogens is 248 g/mol. The van der Waals surface area contributed by atoms with Gasteiger partial charge in [-0.3, -0.25) is 0 Å². The molecule has 0 aromatic rings. The molecule has 0 spiro atoms. The molecule has 0 saturated heterocycles. The molecule has 0 heterocycles. The molecule has 0 radical (unpaired) electrons. The summed E-state index contributed by atoms with van der Waals surface area (Å²) in [5, 5.41) is 17.3. The summed E-state index contributed by atoms with van der Waals surface area (Å²) >= 11 is 0. The topological polar surface area (TPSA) is 83.8 Å². The van der Waals surface area contributed by atoms with Crippen LogP contribution in [0.25, 0.3) is 0 Å². The lowest BCUT2D eigenvalue weighted by Crippen LogP contribution is -2.06. The maximum atomic E-state index is 10.8. The molecule has 0 rings (SSSR count). The third-order valence-corrected chi connectivity index (χ3v) is 2.62. The Bertz CT molecular complexity index is 355. The van der Waals surface area contributed by atoms with Crippen LogP contribution in [0.1, 0.15) is 46.0 Å². The van der Waals surface area contributed by atoms with Crippen molar-refractivity contribution in [2.24, 2.45) is 0 Å². The number of hydrogen-bond donors (Lipinski definition) is 2. The molecule has 0 atom stereocenters. The average Bonchev–Trinajstić information content (AvgIpc) is 2.35. The first kappa shape index (κ1) is 17.2. The molecule has 0 aliphatic carbocycles. The van der Waals surface area contributed by atoms with E-state index in [-0.39, 0.29) is 18.6 Å². The number of unbranched alkanes of at least 4 members (excludes halogenated alkanes) is 1. The van der Waals surface area contributed by atoms with Crippen LogP contribution in [0, 0.1) is 0 Å². The monoisotopic (exact) mass is 270 g/mol. The lowest BCUT2D eigenvalue weighted by Gasteiger charge is -2.06. The molecule has 0 aliphatic heterocycles. The average molecular weight is 270 g/mol. The second-order valence-electron chi connectivity index (χ2n) is 4.17. The predicted octanol–water partition coefficient (Wildman–Crippen LogP) is 2.97. The van der Waals surface area contributed by atoms with Gasteiger partial charge in [-0.25, -0.2) is 9.59 Å². The van der Waals surface area contributed by atoms with Crippen LogP contribution in [-0.2, 0) is 14.3 Å². The highest BCUT2D eigenvalue weighted by molar-refractivity contribution is 5.94. The fourth-order valence-electron chi connectivity index (χ4n) is 1.46. The molecule has 0 unspecified atom stereocenters. The number of ether oxygens (including phenoxy) is 1. The fourth-order valence-corrected chi connectivity index (χ4v) is 1.46. The summed E-state index contributed by atoms with van der Waals surface area (Å²) in [6.45, 7) is 4.32. The van der Waals surface area contributed by atoms with E-state index in [9.17, 15) is 9.59 Å². The van der Waals surface area contributed by atoms with Gasteiger partial charge in [0, 0.05) is 18.1 Å². The van der Waals surface area contributed by atoms with Crippen LogP contribution in [0.15, 0.2) is 23.5 Å². The van der Waals surface area contributed by atoms with Gasteiger partial charge in [0.05, 0.1) is 12.9 Å². The Morgan fingerprint density at radius 3 is 2.32 bits per heavy atom. The van der Waals surface area contributed by atoms with Crippen molar-refractivity contribution in [3.63, 3.8) is 0 Å². The molecule has 5 heteroatoms. The van der Waals surface area contributed by atoms with Gasteiger partial charge in [-0.2, -0.15) is 0 Å². The molecule has 0 aliphatic rings. The van der Waals surface area contributed by atoms with E-state index in [0.717, 1.165) is 25.7 Å². The largest absolute Gasteiger partial charge is 0.501 e. The van der Waals surface area contributed by atoms with Gasteiger partial charge in [0.25, 0.3) is 0 Å². The third kappa shape index (κ3) is 8.88. The van der Waals surface area contributed by atoms with Gasteiger partial charge in [-0.1, -0.05) is 20.3 Å². The van der Waals surface area contributed by atoms with E-state index in [0.29, 0.717) is 6.08 Å². The highest BCUT2D eigenvalue weighted by atomic mass is 16.5. The first-order chi connectivity index (χ1) is 9.01. The minimum absolute atomic E-state index is 0.0723. The molecule has 5 nitrogen and oxygen atoms in total. The van der Waals surface area contributed by atoms with Crippen LogP contribution in [0.4, 0.5) is 0 Å². The van der Waals surface area contributed by atoms with E-state index in [1.54, 1.807) is 6.26 Å². The Labute approximate surface area is 113 Å². The number of aliphatic carboxylic acids is 2. The Kier molecular flexibility index (Phi) is 9.22. The Morgan fingerprint density at radius 1 is 1.16 bits per heavy atom. The minimum Gasteiger partial charge on any atom is -0.501 e. The second kappa shape index (κ2) is 10.2. The van der Waals surface area contributed by atoms with Crippen molar-refractivity contribution in [1.29, 1.82) is 0 Å². The van der Waals surface area contributed by atoms with Crippen LogP contribution in [-0.4, -0.2) is 28.8 Å². The highest BCUT2D eigenvalue weighted by Gasteiger charge is 2.09. The van der Waals surface area contributed by atoms with E-state index in [2.05, 4.69) is 6.92 Å². The van der Waals surface area contributed by atoms with Crippen LogP contribution < -0.4 is 0 Å². The number of hydrogen-bond acceptors (Lipinski definition) is 3. The maximum absolute atomic E-state index is 10.8. The summed E-state index contributed by atoms with van der Waals surface area (Å²) in [6, 6.07) is 0. The van der Waals surface area contributed by atoms with Crippen LogP contribution in [0.5, 0.6) is 0 Å². The lowest BCUT2D eigenvalue weighted by atomic mass is 10.1. The standard InChI is InChI=1S/C14H22O5/c1-3-5-6-11(4-2)10-19-8-7-12(14(17)18)9-13(15)16/h9-10H,3-8H2,1-2H3,(H,15,16)(H,17,18)/b11-10?,12-9+. The maximum Gasteiger partial charge on any atom is 0.331 e. The fraction of sp³-hybridized carbons (Fsp3) is 0.571. The van der Waals surface area contributed by atoms with Crippen molar-refractivity contribution < 1.29 is 24.5 Å². The van der Waals surface area contributed by atoms with Crippen molar-refractivity contribution >= 4 is 11.9 Å². The summed E-state index contributed by atoms with van der Waals surface area (Å²) in [5.74, 6) is -2.48. The van der Waals surface area contributed by atoms with Crippen molar-refractivity contribution in [2.75, 3.05) is 6.61 Å². The molecule has 19 heavy (non-hydrogen) atoms. The molecule has 0 aromatic carbocycles. The Morgan fingerprint density at radius 2 is 1.84 bits per heavy atom. The van der Waals surface area contributed by atoms with Gasteiger partial charge in [-0.05, 0) is 24.8 Å². The summed E-state index contributed by atoms with van der Waals surface area (Å²) in [4.78, 5) is 21.2. The molecule has 0 bridgehead atoms. The first-order valence-electron chi connectivity index (χ1n) is 6.47. The second-order valence-corrected chi connectivity index (χ2v) is 4.17. The number of rotatable bonds is 10. The Balaban J connectivity index is 4.22. The first-order valence-corrected chi connectivity index (χ1v) is 6.47. The SMILES string of the molecule is CCCCC(=COCC/C(=C\C(=O)O)C(=O)O)CC. The number of carbonyl (C=O) groups is 2. The van der Waals surface area contributed by atoms with Crippen molar-refractivity contribution in [2.45, 2.75) is 46.0 Å². The van der Waals surface area contributed by atoms with Gasteiger partial charge < -0.3 is 14.9 Å². The summed E-state index contributed by atoms with van der Waals surface area (Å²) in [5.41, 5.74) is 1.02. The molecular formula is C14H22O5. The van der Waals surface area contributed by atoms with E-state index in [1.807, 2.05) is 6.92 Å². The zero-order valence-electron chi connectivity index (χ0n) is 11.5. The molecule has 2 N–H and O–H groups in total. The van der Waals surface area contributed by atoms with Gasteiger partial charge in [0.2, 0.25) is 0 Å². The predicted molar refractivity (Wildman–Crippen MR) is 71.8 cm³/mol. The van der Waals surface area contributed by atoms with Crippen LogP contribution in [0.3, 0.4) is 0 Å². The van der Waals surface area contributed by atoms with Crippen molar-refractivity contribution in [3.8, 4) is 0 Å². The smallest absolute Gasteiger partial charge is 0.331 e. The Hall–Kier alpha value is -1.78.